The molecule has 1 aromatic rings. The molecular formula is C23H38N4O5S. The average molecular weight is 483 g/mol. The number of hydrogen-bond acceptors (Lipinski definition) is 6. The van der Waals surface area contributed by atoms with E-state index in [1.54, 1.807) is 29.2 Å². The summed E-state index contributed by atoms with van der Waals surface area (Å²) < 4.78 is 38.3. The molecule has 2 amide bonds. The van der Waals surface area contributed by atoms with Crippen molar-refractivity contribution in [1.82, 2.24) is 19.4 Å². The fourth-order valence-electron chi connectivity index (χ4n) is 4.32. The SMILES string of the molecule is CCOc1ccc(S(=O)(=O)N2CCN(C(=O)NC[C@H](CC(C)C)N3CCOCC3)CC2)cc1. The summed E-state index contributed by atoms with van der Waals surface area (Å²) in [7, 11) is -3.60. The fourth-order valence-corrected chi connectivity index (χ4v) is 5.74. The van der Waals surface area contributed by atoms with Crippen molar-refractivity contribution in [2.45, 2.75) is 38.1 Å². The van der Waals surface area contributed by atoms with Gasteiger partial charge in [-0.3, -0.25) is 4.90 Å². The number of hydrogen-bond donors (Lipinski definition) is 1. The molecule has 0 aliphatic carbocycles. The predicted molar refractivity (Wildman–Crippen MR) is 127 cm³/mol. The van der Waals surface area contributed by atoms with E-state index in [1.807, 2.05) is 6.92 Å². The molecule has 10 heteroatoms. The van der Waals surface area contributed by atoms with Crippen molar-refractivity contribution in [2.75, 3.05) is 65.6 Å². The maximum atomic E-state index is 13.0. The van der Waals surface area contributed by atoms with Crippen molar-refractivity contribution in [3.05, 3.63) is 24.3 Å². The van der Waals surface area contributed by atoms with Gasteiger partial charge in [-0.25, -0.2) is 13.2 Å². The molecule has 1 atom stereocenters. The zero-order valence-corrected chi connectivity index (χ0v) is 20.8. The van der Waals surface area contributed by atoms with Crippen molar-refractivity contribution >= 4 is 16.1 Å². The van der Waals surface area contributed by atoms with Crippen LogP contribution in [-0.4, -0.2) is 100 Å². The first-order valence-electron chi connectivity index (χ1n) is 11.9. The number of urea groups is 1. The molecule has 0 saturated carbocycles. The lowest BCUT2D eigenvalue weighted by molar-refractivity contribution is 0.0126. The van der Waals surface area contributed by atoms with Gasteiger partial charge in [0.2, 0.25) is 10.0 Å². The molecule has 2 saturated heterocycles. The van der Waals surface area contributed by atoms with Crippen LogP contribution in [0.1, 0.15) is 27.2 Å². The minimum Gasteiger partial charge on any atom is -0.494 e. The molecular weight excluding hydrogens is 444 g/mol. The Balaban J connectivity index is 1.51. The summed E-state index contributed by atoms with van der Waals surface area (Å²) in [4.78, 5) is 17.1. The number of nitrogens with zero attached hydrogens (tertiary/aromatic N) is 3. The van der Waals surface area contributed by atoms with Crippen LogP contribution in [0.4, 0.5) is 4.79 Å². The second-order valence-corrected chi connectivity index (χ2v) is 10.9. The normalized spacial score (nSPS) is 19.5. The molecule has 2 aliphatic rings. The van der Waals surface area contributed by atoms with Gasteiger partial charge in [-0.2, -0.15) is 4.31 Å². The van der Waals surface area contributed by atoms with E-state index in [9.17, 15) is 13.2 Å². The molecule has 0 radical (unpaired) electrons. The standard InChI is InChI=1S/C23H38N4O5S/c1-4-32-21-5-7-22(8-6-21)33(29,30)27-11-9-26(10-12-27)23(28)24-18-20(17-19(2)3)25-13-15-31-16-14-25/h5-8,19-20H,4,9-18H2,1-3H3,(H,24,28)/t20-/m0/s1. The minimum absolute atomic E-state index is 0.130. The van der Waals surface area contributed by atoms with Gasteiger partial charge in [-0.15, -0.1) is 0 Å². The van der Waals surface area contributed by atoms with Crippen molar-refractivity contribution in [3.8, 4) is 5.75 Å². The largest absolute Gasteiger partial charge is 0.494 e. The second kappa shape index (κ2) is 12.0. The van der Waals surface area contributed by atoms with Crippen LogP contribution in [0.2, 0.25) is 0 Å². The molecule has 2 fully saturated rings. The van der Waals surface area contributed by atoms with E-state index in [0.29, 0.717) is 37.9 Å². The quantitative estimate of drug-likeness (QED) is 0.578. The van der Waals surface area contributed by atoms with Gasteiger partial charge in [0.05, 0.1) is 24.7 Å². The lowest BCUT2D eigenvalue weighted by Gasteiger charge is -2.37. The summed E-state index contributed by atoms with van der Waals surface area (Å²) in [5.41, 5.74) is 0. The lowest BCUT2D eigenvalue weighted by Crippen LogP contribution is -2.55. The summed E-state index contributed by atoms with van der Waals surface area (Å²) in [6.45, 7) is 11.9. The molecule has 3 rings (SSSR count). The zero-order valence-electron chi connectivity index (χ0n) is 20.0. The van der Waals surface area contributed by atoms with E-state index in [2.05, 4.69) is 24.1 Å². The molecule has 9 nitrogen and oxygen atoms in total. The highest BCUT2D eigenvalue weighted by molar-refractivity contribution is 7.89. The topological polar surface area (TPSA) is 91.4 Å². The van der Waals surface area contributed by atoms with Crippen LogP contribution in [-0.2, 0) is 14.8 Å². The molecule has 186 valence electrons. The molecule has 2 heterocycles. The Morgan fingerprint density at radius 2 is 1.70 bits per heavy atom. The van der Waals surface area contributed by atoms with E-state index in [0.717, 1.165) is 32.7 Å². The maximum Gasteiger partial charge on any atom is 0.317 e. The molecule has 0 aromatic heterocycles. The highest BCUT2D eigenvalue weighted by atomic mass is 32.2. The number of piperazine rings is 1. The number of amides is 2. The van der Waals surface area contributed by atoms with Crippen LogP contribution >= 0.6 is 0 Å². The lowest BCUT2D eigenvalue weighted by atomic mass is 10.0. The van der Waals surface area contributed by atoms with Gasteiger partial charge in [0.15, 0.2) is 0 Å². The van der Waals surface area contributed by atoms with Crippen molar-refractivity contribution in [1.29, 1.82) is 0 Å². The van der Waals surface area contributed by atoms with E-state index in [-0.39, 0.29) is 30.1 Å². The summed E-state index contributed by atoms with van der Waals surface area (Å²) >= 11 is 0. The van der Waals surface area contributed by atoms with Crippen LogP contribution in [0.3, 0.4) is 0 Å². The van der Waals surface area contributed by atoms with Crippen molar-refractivity contribution in [3.63, 3.8) is 0 Å². The Morgan fingerprint density at radius 1 is 1.06 bits per heavy atom. The van der Waals surface area contributed by atoms with E-state index >= 15 is 0 Å². The van der Waals surface area contributed by atoms with Gasteiger partial charge in [0.1, 0.15) is 5.75 Å². The number of benzene rings is 1. The highest BCUT2D eigenvalue weighted by Crippen LogP contribution is 2.21. The first-order valence-corrected chi connectivity index (χ1v) is 13.3. The predicted octanol–water partition coefficient (Wildman–Crippen LogP) is 1.85. The zero-order chi connectivity index (χ0) is 23.8. The van der Waals surface area contributed by atoms with Gasteiger partial charge in [-0.1, -0.05) is 13.8 Å². The fraction of sp³-hybridized carbons (Fsp3) is 0.696. The van der Waals surface area contributed by atoms with Crippen molar-refractivity contribution < 1.29 is 22.7 Å². The highest BCUT2D eigenvalue weighted by Gasteiger charge is 2.31. The van der Waals surface area contributed by atoms with Crippen LogP contribution in [0, 0.1) is 5.92 Å². The number of rotatable bonds is 9. The van der Waals surface area contributed by atoms with Gasteiger partial charge in [0.25, 0.3) is 0 Å². The third kappa shape index (κ3) is 7.05. The van der Waals surface area contributed by atoms with Crippen LogP contribution in [0.25, 0.3) is 0 Å². The summed E-state index contributed by atoms with van der Waals surface area (Å²) in [5, 5.41) is 3.08. The minimum atomic E-state index is -3.60. The molecule has 1 aromatic carbocycles. The monoisotopic (exact) mass is 482 g/mol. The maximum absolute atomic E-state index is 13.0. The van der Waals surface area contributed by atoms with E-state index in [1.165, 1.54) is 4.31 Å². The molecule has 0 spiro atoms. The van der Waals surface area contributed by atoms with Gasteiger partial charge in [0, 0.05) is 51.9 Å². The Hall–Kier alpha value is -1.88. The summed E-state index contributed by atoms with van der Waals surface area (Å²) in [5.74, 6) is 1.18. The molecule has 0 bridgehead atoms. The number of carbonyl (C=O) groups is 1. The number of nitrogens with one attached hydrogen (secondary N) is 1. The second-order valence-electron chi connectivity index (χ2n) is 8.91. The molecule has 0 unspecified atom stereocenters. The Morgan fingerprint density at radius 3 is 2.27 bits per heavy atom. The van der Waals surface area contributed by atoms with Crippen molar-refractivity contribution in [2.24, 2.45) is 5.92 Å². The van der Waals surface area contributed by atoms with Crippen LogP contribution < -0.4 is 10.1 Å². The number of morpholine rings is 1. The third-order valence-electron chi connectivity index (χ3n) is 6.09. The summed E-state index contributed by atoms with van der Waals surface area (Å²) in [6.07, 6.45) is 1.01. The third-order valence-corrected chi connectivity index (χ3v) is 8.01. The van der Waals surface area contributed by atoms with Gasteiger partial charge < -0.3 is 19.7 Å². The Labute approximate surface area is 198 Å². The van der Waals surface area contributed by atoms with Crippen LogP contribution in [0.5, 0.6) is 5.75 Å². The molecule has 1 N–H and O–H groups in total. The van der Waals surface area contributed by atoms with Crippen LogP contribution in [0.15, 0.2) is 29.2 Å². The number of sulfonamides is 1. The number of carbonyl (C=O) groups excluding carboxylic acids is 1. The average Bonchev–Trinajstić information content (AvgIpc) is 2.82. The first kappa shape index (κ1) is 25.7. The first-order chi connectivity index (χ1) is 15.8. The number of ether oxygens (including phenoxy) is 2. The Bertz CT molecular complexity index is 848. The van der Waals surface area contributed by atoms with Gasteiger partial charge in [-0.05, 0) is 43.5 Å². The van der Waals surface area contributed by atoms with Gasteiger partial charge >= 0.3 is 6.03 Å². The smallest absolute Gasteiger partial charge is 0.317 e. The summed E-state index contributed by atoms with van der Waals surface area (Å²) in [6, 6.07) is 6.62. The van der Waals surface area contributed by atoms with E-state index < -0.39 is 10.0 Å². The molecule has 2 aliphatic heterocycles. The Kier molecular flexibility index (Phi) is 9.37. The molecule has 33 heavy (non-hydrogen) atoms. The van der Waals surface area contributed by atoms with E-state index in [4.69, 9.17) is 9.47 Å².